The molecule has 1 aromatic rings. The van der Waals surface area contributed by atoms with Gasteiger partial charge in [-0.15, -0.1) is 0 Å². The van der Waals surface area contributed by atoms with Gasteiger partial charge in [-0.1, -0.05) is 17.7 Å². The molecule has 1 heterocycles. The molecule has 1 aliphatic carbocycles. The normalized spacial score (nSPS) is 29.2. The molecule has 2 aliphatic rings. The van der Waals surface area contributed by atoms with Crippen LogP contribution in [0, 0.1) is 20.8 Å². The smallest absolute Gasteiger partial charge is 0.256 e. The highest BCUT2D eigenvalue weighted by molar-refractivity contribution is 7.74. The summed E-state index contributed by atoms with van der Waals surface area (Å²) < 4.78 is 33.8. The number of amides is 1. The maximum Gasteiger partial charge on any atom is 0.256 e. The second kappa shape index (κ2) is 7.04. The van der Waals surface area contributed by atoms with Gasteiger partial charge in [-0.25, -0.2) is 4.21 Å². The van der Waals surface area contributed by atoms with E-state index in [1.54, 1.807) is 7.11 Å². The van der Waals surface area contributed by atoms with E-state index in [0.29, 0.717) is 31.3 Å². The van der Waals surface area contributed by atoms with Crippen molar-refractivity contribution >= 4 is 22.8 Å². The Kier molecular flexibility index (Phi) is 5.22. The van der Waals surface area contributed by atoms with E-state index in [0.717, 1.165) is 22.3 Å². The van der Waals surface area contributed by atoms with Crippen molar-refractivity contribution in [2.75, 3.05) is 7.11 Å². The predicted molar refractivity (Wildman–Crippen MR) is 102 cm³/mol. The van der Waals surface area contributed by atoms with E-state index in [4.69, 9.17) is 8.92 Å². The second-order valence-corrected chi connectivity index (χ2v) is 8.53. The third-order valence-electron chi connectivity index (χ3n) is 5.97. The van der Waals surface area contributed by atoms with Gasteiger partial charge < -0.3 is 18.8 Å². The van der Waals surface area contributed by atoms with Gasteiger partial charge in [-0.2, -0.15) is 0 Å². The summed E-state index contributed by atoms with van der Waals surface area (Å²) in [6.45, 7) is 7.87. The van der Waals surface area contributed by atoms with E-state index in [1.165, 1.54) is 0 Å². The molecule has 0 saturated heterocycles. The summed E-state index contributed by atoms with van der Waals surface area (Å²) >= 11 is -2.76. The first-order valence-corrected chi connectivity index (χ1v) is 10.1. The Morgan fingerprint density at radius 1 is 1.11 bits per heavy atom. The molecular formula is C20H26NO5S-. The lowest BCUT2D eigenvalue weighted by Gasteiger charge is -2.42. The first-order chi connectivity index (χ1) is 12.6. The third kappa shape index (κ3) is 3.56. The molecular weight excluding hydrogens is 366 g/mol. The highest BCUT2D eigenvalue weighted by atomic mass is 32.2. The Bertz CT molecular complexity index is 814. The summed E-state index contributed by atoms with van der Waals surface area (Å²) in [5.74, 6) is -0.0689. The lowest BCUT2D eigenvalue weighted by Crippen LogP contribution is -2.51. The number of rotatable bonds is 4. The van der Waals surface area contributed by atoms with Crippen molar-refractivity contribution < 1.29 is 22.5 Å². The molecule has 1 saturated carbocycles. The molecule has 1 aromatic carbocycles. The summed E-state index contributed by atoms with van der Waals surface area (Å²) in [7, 11) is 1.68. The van der Waals surface area contributed by atoms with Crippen molar-refractivity contribution in [1.82, 2.24) is 5.32 Å². The average molecular weight is 392 g/mol. The van der Waals surface area contributed by atoms with Crippen LogP contribution >= 0.6 is 0 Å². The molecule has 6 nitrogen and oxygen atoms in total. The Morgan fingerprint density at radius 3 is 2.15 bits per heavy atom. The molecule has 0 radical (unpaired) electrons. The molecule has 7 heteroatoms. The van der Waals surface area contributed by atoms with Crippen molar-refractivity contribution in [3.8, 4) is 0 Å². The summed E-state index contributed by atoms with van der Waals surface area (Å²) in [5.41, 5.74) is 2.91. The van der Waals surface area contributed by atoms with Crippen molar-refractivity contribution in [1.29, 1.82) is 0 Å². The summed E-state index contributed by atoms with van der Waals surface area (Å²) in [5, 5.41) is 3.04. The maximum absolute atomic E-state index is 13.0. The van der Waals surface area contributed by atoms with Crippen molar-refractivity contribution in [2.24, 2.45) is 0 Å². The monoisotopic (exact) mass is 392 g/mol. The van der Waals surface area contributed by atoms with Gasteiger partial charge in [0.05, 0.1) is 11.2 Å². The van der Waals surface area contributed by atoms with Gasteiger partial charge in [0, 0.05) is 7.11 Å². The molecule has 148 valence electrons. The zero-order valence-corrected chi connectivity index (χ0v) is 17.2. The van der Waals surface area contributed by atoms with Gasteiger partial charge in [0.1, 0.15) is 16.9 Å². The minimum atomic E-state index is -2.76. The number of nitrogens with one attached hydrogen (secondary N) is 1. The third-order valence-corrected chi connectivity index (χ3v) is 6.28. The lowest BCUT2D eigenvalue weighted by molar-refractivity contribution is -0.117. The van der Waals surface area contributed by atoms with Crippen molar-refractivity contribution in [3.63, 3.8) is 0 Å². The summed E-state index contributed by atoms with van der Waals surface area (Å²) in [6, 6.07) is 3.98. The quantitative estimate of drug-likeness (QED) is 0.796. The Morgan fingerprint density at radius 2 is 1.67 bits per heavy atom. The Hall–Kier alpha value is -1.70. The highest BCUT2D eigenvalue weighted by Gasteiger charge is 2.52. The highest BCUT2D eigenvalue weighted by Crippen LogP contribution is 2.47. The molecule has 3 rings (SSSR count). The van der Waals surface area contributed by atoms with Crippen LogP contribution in [0.25, 0.3) is 5.57 Å². The van der Waals surface area contributed by atoms with Crippen LogP contribution in [0.4, 0.5) is 0 Å². The molecule has 1 aliphatic heterocycles. The fourth-order valence-corrected chi connectivity index (χ4v) is 4.81. The van der Waals surface area contributed by atoms with E-state index in [9.17, 15) is 13.6 Å². The number of methoxy groups -OCH3 is 1. The first kappa shape index (κ1) is 20.0. The number of carbonyl (C=O) groups excluding carboxylic acids is 1. The average Bonchev–Trinajstić information content (AvgIpc) is 2.82. The number of carbonyl (C=O) groups is 1. The predicted octanol–water partition coefficient (Wildman–Crippen LogP) is 2.98. The second-order valence-electron chi connectivity index (χ2n) is 7.96. The number of benzene rings is 1. The van der Waals surface area contributed by atoms with Crippen LogP contribution in [0.3, 0.4) is 0 Å². The molecule has 0 aromatic heterocycles. The van der Waals surface area contributed by atoms with Crippen LogP contribution in [-0.4, -0.2) is 32.9 Å². The van der Waals surface area contributed by atoms with Crippen LogP contribution in [0.2, 0.25) is 0 Å². The number of aryl methyl sites for hydroxylation is 3. The zero-order chi connectivity index (χ0) is 20.0. The maximum atomic E-state index is 13.0. The van der Waals surface area contributed by atoms with Crippen LogP contribution < -0.4 is 5.32 Å². The first-order valence-electron chi connectivity index (χ1n) is 9.09. The van der Waals surface area contributed by atoms with Crippen LogP contribution in [0.15, 0.2) is 17.9 Å². The molecule has 1 fully saturated rings. The molecule has 1 spiro atoms. The Labute approximate surface area is 162 Å². The minimum Gasteiger partial charge on any atom is -0.740 e. The topological polar surface area (TPSA) is 87.7 Å². The van der Waals surface area contributed by atoms with E-state index < -0.39 is 16.9 Å². The van der Waals surface area contributed by atoms with E-state index in [2.05, 4.69) is 5.32 Å². The summed E-state index contributed by atoms with van der Waals surface area (Å²) in [4.78, 5) is 13.0. The standard InChI is InChI=1S/C20H27NO5S/c1-12-10-13(2)15(14(3)11-12)16-17(26-27(23)24)20(21-18(16)22)8-6-19(4,25-5)7-9-20/h10-11H,6-9H2,1-5H3,(H,21,22)(H,23,24)/p-1. The molecule has 27 heavy (non-hydrogen) atoms. The fourth-order valence-electron chi connectivity index (χ4n) is 4.43. The SMILES string of the molecule is COC1(C)CCC2(CC1)NC(=O)C(c1c(C)cc(C)cc1C)=C2OS(=O)[O-]. The van der Waals surface area contributed by atoms with Gasteiger partial charge >= 0.3 is 0 Å². The van der Waals surface area contributed by atoms with Crippen LogP contribution in [0.1, 0.15) is 54.9 Å². The fraction of sp³-hybridized carbons (Fsp3) is 0.550. The number of hydrogen-bond donors (Lipinski definition) is 1. The Balaban J connectivity index is 2.15. The molecule has 0 bridgehead atoms. The molecule has 1 atom stereocenters. The van der Waals surface area contributed by atoms with Gasteiger partial charge in [0.25, 0.3) is 5.91 Å². The van der Waals surface area contributed by atoms with Crippen molar-refractivity contribution in [3.05, 3.63) is 40.1 Å². The molecule has 1 amide bonds. The molecule has 1 unspecified atom stereocenters. The van der Waals surface area contributed by atoms with Crippen LogP contribution in [0.5, 0.6) is 0 Å². The largest absolute Gasteiger partial charge is 0.740 e. The number of hydrogen-bond acceptors (Lipinski definition) is 5. The van der Waals surface area contributed by atoms with Gasteiger partial charge in [0.15, 0.2) is 5.76 Å². The van der Waals surface area contributed by atoms with Gasteiger partial charge in [-0.05, 0) is 70.1 Å². The number of ether oxygens (including phenoxy) is 1. The van der Waals surface area contributed by atoms with Gasteiger partial charge in [0.2, 0.25) is 0 Å². The van der Waals surface area contributed by atoms with E-state index >= 15 is 0 Å². The van der Waals surface area contributed by atoms with E-state index in [1.807, 2.05) is 39.8 Å². The minimum absolute atomic E-state index is 0.217. The van der Waals surface area contributed by atoms with Crippen molar-refractivity contribution in [2.45, 2.75) is 64.5 Å². The lowest BCUT2D eigenvalue weighted by atomic mass is 9.74. The van der Waals surface area contributed by atoms with Gasteiger partial charge in [-0.3, -0.25) is 4.79 Å². The molecule has 1 N–H and O–H groups in total. The summed E-state index contributed by atoms with van der Waals surface area (Å²) in [6.07, 6.45) is 2.51. The van der Waals surface area contributed by atoms with E-state index in [-0.39, 0.29) is 17.3 Å². The zero-order valence-electron chi connectivity index (χ0n) is 16.4. The van der Waals surface area contributed by atoms with Crippen LogP contribution in [-0.2, 0) is 25.1 Å².